The molecule has 0 saturated carbocycles. The second kappa shape index (κ2) is 6.49. The van der Waals surface area contributed by atoms with E-state index >= 15 is 0 Å². The Balaban J connectivity index is 2.63. The summed E-state index contributed by atoms with van der Waals surface area (Å²) in [6.45, 7) is 3.50. The Kier molecular flexibility index (Phi) is 5.27. The molecule has 0 aromatic heterocycles. The Morgan fingerprint density at radius 1 is 1.50 bits per heavy atom. The smallest absolute Gasteiger partial charge is 0.266 e. The van der Waals surface area contributed by atoms with Gasteiger partial charge in [0, 0.05) is 12.3 Å². The normalized spacial score (nSPS) is 21.3. The molecule has 102 valence electrons. The molecule has 0 bridgehead atoms. The SMILES string of the molecule is CCCCCC1CC(=O)N(C(C)C(=O)NO)C1=O. The van der Waals surface area contributed by atoms with Gasteiger partial charge in [0.1, 0.15) is 6.04 Å². The van der Waals surface area contributed by atoms with Gasteiger partial charge in [-0.2, -0.15) is 0 Å². The van der Waals surface area contributed by atoms with E-state index in [1.807, 2.05) is 0 Å². The highest BCUT2D eigenvalue weighted by Crippen LogP contribution is 2.26. The highest BCUT2D eigenvalue weighted by Gasteiger charge is 2.42. The van der Waals surface area contributed by atoms with Crippen molar-refractivity contribution in [2.24, 2.45) is 5.92 Å². The quantitative estimate of drug-likeness (QED) is 0.319. The molecule has 1 saturated heterocycles. The van der Waals surface area contributed by atoms with E-state index in [4.69, 9.17) is 5.21 Å². The highest BCUT2D eigenvalue weighted by molar-refractivity contribution is 6.06. The minimum absolute atomic E-state index is 0.172. The van der Waals surface area contributed by atoms with Gasteiger partial charge in [-0.1, -0.05) is 26.2 Å². The summed E-state index contributed by atoms with van der Waals surface area (Å²) in [6, 6.07) is -0.953. The number of carbonyl (C=O) groups excluding carboxylic acids is 3. The van der Waals surface area contributed by atoms with Gasteiger partial charge in [-0.05, 0) is 13.3 Å². The van der Waals surface area contributed by atoms with Crippen LogP contribution in [0.5, 0.6) is 0 Å². The van der Waals surface area contributed by atoms with Crippen LogP contribution in [-0.4, -0.2) is 33.9 Å². The van der Waals surface area contributed by atoms with Crippen molar-refractivity contribution in [1.82, 2.24) is 10.4 Å². The summed E-state index contributed by atoms with van der Waals surface area (Å²) in [5, 5.41) is 8.53. The van der Waals surface area contributed by atoms with E-state index in [0.29, 0.717) is 6.42 Å². The van der Waals surface area contributed by atoms with Gasteiger partial charge in [0.25, 0.3) is 5.91 Å². The van der Waals surface area contributed by atoms with E-state index in [0.717, 1.165) is 24.2 Å². The molecule has 6 heteroatoms. The highest BCUT2D eigenvalue weighted by atomic mass is 16.5. The van der Waals surface area contributed by atoms with Gasteiger partial charge in [0.2, 0.25) is 11.8 Å². The predicted octanol–water partition coefficient (Wildman–Crippen LogP) is 0.836. The molecular weight excluding hydrogens is 236 g/mol. The third kappa shape index (κ3) is 3.07. The number of nitrogens with one attached hydrogen (secondary N) is 1. The number of amides is 3. The van der Waals surface area contributed by atoms with Gasteiger partial charge in [-0.25, -0.2) is 5.48 Å². The molecule has 2 unspecified atom stereocenters. The maximum Gasteiger partial charge on any atom is 0.266 e. The molecule has 1 aliphatic rings. The van der Waals surface area contributed by atoms with Crippen LogP contribution >= 0.6 is 0 Å². The second-order valence-corrected chi connectivity index (χ2v) is 4.65. The maximum absolute atomic E-state index is 12.0. The van der Waals surface area contributed by atoms with Crippen molar-refractivity contribution >= 4 is 17.7 Å². The molecule has 1 heterocycles. The Morgan fingerprint density at radius 2 is 2.17 bits per heavy atom. The van der Waals surface area contributed by atoms with Crippen LogP contribution in [0.15, 0.2) is 0 Å². The van der Waals surface area contributed by atoms with Crippen LogP contribution in [0.2, 0.25) is 0 Å². The standard InChI is InChI=1S/C12H20N2O4/c1-3-4-5-6-9-7-10(15)14(12(9)17)8(2)11(16)13-18/h8-9,18H,3-7H2,1-2H3,(H,13,16). The van der Waals surface area contributed by atoms with E-state index in [1.165, 1.54) is 12.4 Å². The van der Waals surface area contributed by atoms with Crippen LogP contribution in [0.3, 0.4) is 0 Å². The molecule has 0 aromatic rings. The zero-order valence-corrected chi connectivity index (χ0v) is 10.8. The lowest BCUT2D eigenvalue weighted by molar-refractivity contribution is -0.149. The second-order valence-electron chi connectivity index (χ2n) is 4.65. The van der Waals surface area contributed by atoms with E-state index < -0.39 is 11.9 Å². The van der Waals surface area contributed by atoms with Crippen LogP contribution in [-0.2, 0) is 14.4 Å². The summed E-state index contributed by atoms with van der Waals surface area (Å²) in [5.74, 6) is -1.69. The van der Waals surface area contributed by atoms with Crippen molar-refractivity contribution in [3.05, 3.63) is 0 Å². The van der Waals surface area contributed by atoms with Crippen molar-refractivity contribution in [2.75, 3.05) is 0 Å². The monoisotopic (exact) mass is 256 g/mol. The Morgan fingerprint density at radius 3 is 2.72 bits per heavy atom. The molecule has 0 spiro atoms. The largest absolute Gasteiger partial charge is 0.289 e. The average Bonchev–Trinajstić information content (AvgIpc) is 2.63. The van der Waals surface area contributed by atoms with Crippen molar-refractivity contribution in [3.63, 3.8) is 0 Å². The van der Waals surface area contributed by atoms with Gasteiger partial charge < -0.3 is 0 Å². The number of unbranched alkanes of at least 4 members (excludes halogenated alkanes) is 2. The summed E-state index contributed by atoms with van der Waals surface area (Å²) < 4.78 is 0. The molecule has 0 aliphatic carbocycles. The molecule has 0 aromatic carbocycles. The molecule has 18 heavy (non-hydrogen) atoms. The number of rotatable bonds is 6. The molecular formula is C12H20N2O4. The lowest BCUT2D eigenvalue weighted by Gasteiger charge is -2.20. The van der Waals surface area contributed by atoms with E-state index in [2.05, 4.69) is 6.92 Å². The van der Waals surface area contributed by atoms with Crippen molar-refractivity contribution in [1.29, 1.82) is 0 Å². The first kappa shape index (κ1) is 14.6. The van der Waals surface area contributed by atoms with Crippen molar-refractivity contribution in [3.8, 4) is 0 Å². The minimum atomic E-state index is -0.953. The third-order valence-corrected chi connectivity index (χ3v) is 3.31. The van der Waals surface area contributed by atoms with Crippen LogP contribution in [0.1, 0.15) is 46.0 Å². The first-order valence-corrected chi connectivity index (χ1v) is 6.32. The number of hydrogen-bond donors (Lipinski definition) is 2. The Bertz CT molecular complexity index is 343. The number of carbonyl (C=O) groups is 3. The van der Waals surface area contributed by atoms with Gasteiger partial charge >= 0.3 is 0 Å². The van der Waals surface area contributed by atoms with Crippen LogP contribution in [0.4, 0.5) is 0 Å². The molecule has 1 rings (SSSR count). The summed E-state index contributed by atoms with van der Waals surface area (Å²) in [4.78, 5) is 36.0. The number of likely N-dealkylation sites (tertiary alicyclic amines) is 1. The van der Waals surface area contributed by atoms with Crippen LogP contribution < -0.4 is 5.48 Å². The molecule has 2 N–H and O–H groups in total. The summed E-state index contributed by atoms with van der Waals surface area (Å²) in [6.07, 6.45) is 3.86. The first-order valence-electron chi connectivity index (χ1n) is 6.32. The Hall–Kier alpha value is -1.43. The van der Waals surface area contributed by atoms with E-state index in [1.54, 1.807) is 0 Å². The summed E-state index contributed by atoms with van der Waals surface area (Å²) in [5.41, 5.74) is 1.46. The van der Waals surface area contributed by atoms with Gasteiger partial charge in [0.15, 0.2) is 0 Å². The lowest BCUT2D eigenvalue weighted by atomic mass is 10.00. The fourth-order valence-electron chi connectivity index (χ4n) is 2.20. The first-order chi connectivity index (χ1) is 8.52. The van der Waals surface area contributed by atoms with Gasteiger partial charge in [-0.3, -0.25) is 24.5 Å². The fraction of sp³-hybridized carbons (Fsp3) is 0.750. The van der Waals surface area contributed by atoms with E-state index in [9.17, 15) is 14.4 Å². The predicted molar refractivity (Wildman–Crippen MR) is 63.5 cm³/mol. The van der Waals surface area contributed by atoms with Crippen molar-refractivity contribution in [2.45, 2.75) is 52.0 Å². The molecule has 2 atom stereocenters. The van der Waals surface area contributed by atoms with E-state index in [-0.39, 0.29) is 24.2 Å². The third-order valence-electron chi connectivity index (χ3n) is 3.31. The molecule has 0 radical (unpaired) electrons. The molecule has 6 nitrogen and oxygen atoms in total. The lowest BCUT2D eigenvalue weighted by Crippen LogP contribution is -2.47. The number of hydrogen-bond acceptors (Lipinski definition) is 4. The number of imide groups is 1. The minimum Gasteiger partial charge on any atom is -0.289 e. The molecule has 1 aliphatic heterocycles. The van der Waals surface area contributed by atoms with Gasteiger partial charge in [0.05, 0.1) is 0 Å². The number of hydroxylamine groups is 1. The zero-order valence-electron chi connectivity index (χ0n) is 10.8. The van der Waals surface area contributed by atoms with Crippen LogP contribution in [0.25, 0.3) is 0 Å². The number of nitrogens with zero attached hydrogens (tertiary/aromatic N) is 1. The summed E-state index contributed by atoms with van der Waals surface area (Å²) >= 11 is 0. The van der Waals surface area contributed by atoms with Gasteiger partial charge in [-0.15, -0.1) is 0 Å². The summed E-state index contributed by atoms with van der Waals surface area (Å²) in [7, 11) is 0. The average molecular weight is 256 g/mol. The van der Waals surface area contributed by atoms with Crippen molar-refractivity contribution < 1.29 is 19.6 Å². The zero-order chi connectivity index (χ0) is 13.7. The topological polar surface area (TPSA) is 86.7 Å². The fourth-order valence-corrected chi connectivity index (χ4v) is 2.20. The Labute approximate surface area is 106 Å². The molecule has 1 fully saturated rings. The maximum atomic E-state index is 12.0. The molecule has 3 amide bonds. The van der Waals surface area contributed by atoms with Crippen LogP contribution in [0, 0.1) is 5.92 Å².